The summed E-state index contributed by atoms with van der Waals surface area (Å²) in [5, 5.41) is 0. The number of nitrogens with two attached hydrogens (primary N) is 1. The average molecular weight is 257 g/mol. The van der Waals surface area contributed by atoms with E-state index in [2.05, 4.69) is 0 Å². The van der Waals surface area contributed by atoms with Gasteiger partial charge in [0, 0.05) is 11.8 Å². The molecule has 4 heteroatoms. The molecule has 0 bridgehead atoms. The summed E-state index contributed by atoms with van der Waals surface area (Å²) in [4.78, 5) is 12.0. The van der Waals surface area contributed by atoms with E-state index in [1.807, 2.05) is 6.07 Å². The summed E-state index contributed by atoms with van der Waals surface area (Å²) in [5.41, 5.74) is 6.74. The third-order valence-electron chi connectivity index (χ3n) is 2.64. The first-order valence-electron chi connectivity index (χ1n) is 5.85. The van der Waals surface area contributed by atoms with Gasteiger partial charge in [0.1, 0.15) is 11.5 Å². The van der Waals surface area contributed by atoms with Crippen molar-refractivity contribution in [3.05, 3.63) is 54.1 Å². The minimum atomic E-state index is -0.139. The Morgan fingerprint density at radius 1 is 1.16 bits per heavy atom. The van der Waals surface area contributed by atoms with E-state index >= 15 is 0 Å². The number of carbonyl (C=O) groups is 1. The minimum absolute atomic E-state index is 0.0518. The topological polar surface area (TPSA) is 61.5 Å². The van der Waals surface area contributed by atoms with Crippen molar-refractivity contribution in [3.8, 4) is 11.5 Å². The summed E-state index contributed by atoms with van der Waals surface area (Å²) in [6.07, 6.45) is 0. The maximum Gasteiger partial charge on any atom is 0.203 e. The van der Waals surface area contributed by atoms with Crippen molar-refractivity contribution in [2.45, 2.75) is 0 Å². The van der Waals surface area contributed by atoms with Gasteiger partial charge in [0.2, 0.25) is 5.78 Å². The standard InChI is InChI=1S/C15H15NO3/c1-18-15-8-3-2-7-13(15)14(17)10-19-12-6-4-5-11(16)9-12/h2-9H,10,16H2,1H3. The Hall–Kier alpha value is -2.49. The van der Waals surface area contributed by atoms with E-state index in [0.717, 1.165) is 0 Å². The lowest BCUT2D eigenvalue weighted by Gasteiger charge is -2.09. The van der Waals surface area contributed by atoms with Crippen molar-refractivity contribution in [1.29, 1.82) is 0 Å². The molecular formula is C15H15NO3. The molecule has 0 aliphatic carbocycles. The molecule has 0 heterocycles. The number of para-hydroxylation sites is 1. The van der Waals surface area contributed by atoms with Gasteiger partial charge in [0.05, 0.1) is 12.7 Å². The van der Waals surface area contributed by atoms with Gasteiger partial charge in [-0.05, 0) is 24.3 Å². The molecule has 0 aliphatic rings. The molecule has 0 unspecified atom stereocenters. The molecule has 2 aromatic rings. The average Bonchev–Trinajstić information content (AvgIpc) is 2.45. The summed E-state index contributed by atoms with van der Waals surface area (Å²) in [7, 11) is 1.53. The van der Waals surface area contributed by atoms with Crippen LogP contribution in [0.1, 0.15) is 10.4 Å². The smallest absolute Gasteiger partial charge is 0.203 e. The molecule has 98 valence electrons. The molecule has 2 aromatic carbocycles. The van der Waals surface area contributed by atoms with E-state index in [-0.39, 0.29) is 12.4 Å². The van der Waals surface area contributed by atoms with Gasteiger partial charge in [0.25, 0.3) is 0 Å². The van der Waals surface area contributed by atoms with Crippen molar-refractivity contribution in [2.24, 2.45) is 0 Å². The molecule has 0 saturated carbocycles. The highest BCUT2D eigenvalue weighted by Gasteiger charge is 2.12. The molecule has 0 amide bonds. The molecule has 0 spiro atoms. The lowest BCUT2D eigenvalue weighted by atomic mass is 10.1. The second kappa shape index (κ2) is 5.91. The van der Waals surface area contributed by atoms with Gasteiger partial charge in [-0.25, -0.2) is 0 Å². The molecule has 4 nitrogen and oxygen atoms in total. The lowest BCUT2D eigenvalue weighted by molar-refractivity contribution is 0.0918. The maximum absolute atomic E-state index is 12.0. The van der Waals surface area contributed by atoms with Crippen LogP contribution in [0.2, 0.25) is 0 Å². The Bertz CT molecular complexity index is 581. The number of anilines is 1. The third-order valence-corrected chi connectivity index (χ3v) is 2.64. The summed E-state index contributed by atoms with van der Waals surface area (Å²) in [6.45, 7) is -0.0518. The Balaban J connectivity index is 2.05. The fourth-order valence-electron chi connectivity index (χ4n) is 1.71. The van der Waals surface area contributed by atoms with E-state index in [1.165, 1.54) is 7.11 Å². The predicted molar refractivity (Wildman–Crippen MR) is 73.7 cm³/mol. The van der Waals surface area contributed by atoms with Crippen LogP contribution in [0.15, 0.2) is 48.5 Å². The highest BCUT2D eigenvalue weighted by molar-refractivity contribution is 5.99. The minimum Gasteiger partial charge on any atom is -0.496 e. The number of carbonyl (C=O) groups excluding carboxylic acids is 1. The monoisotopic (exact) mass is 257 g/mol. The van der Waals surface area contributed by atoms with Gasteiger partial charge in [-0.2, -0.15) is 0 Å². The predicted octanol–water partition coefficient (Wildman–Crippen LogP) is 2.54. The highest BCUT2D eigenvalue weighted by Crippen LogP contribution is 2.19. The number of ketones is 1. The van der Waals surface area contributed by atoms with Gasteiger partial charge in [0.15, 0.2) is 6.61 Å². The maximum atomic E-state index is 12.0. The fourth-order valence-corrected chi connectivity index (χ4v) is 1.71. The lowest BCUT2D eigenvalue weighted by Crippen LogP contribution is -2.12. The summed E-state index contributed by atoms with van der Waals surface area (Å²) < 4.78 is 10.6. The zero-order chi connectivity index (χ0) is 13.7. The van der Waals surface area contributed by atoms with Crippen LogP contribution in [-0.4, -0.2) is 19.5 Å². The number of nitrogen functional groups attached to an aromatic ring is 1. The number of hydrogen-bond donors (Lipinski definition) is 1. The Labute approximate surface area is 111 Å². The molecule has 0 atom stereocenters. The molecule has 0 fully saturated rings. The van der Waals surface area contributed by atoms with Crippen molar-refractivity contribution >= 4 is 11.5 Å². The quantitative estimate of drug-likeness (QED) is 0.660. The van der Waals surface area contributed by atoms with Gasteiger partial charge >= 0.3 is 0 Å². The van der Waals surface area contributed by atoms with Crippen LogP contribution in [0.4, 0.5) is 5.69 Å². The van der Waals surface area contributed by atoms with Crippen LogP contribution in [0, 0.1) is 0 Å². The molecule has 0 aromatic heterocycles. The van der Waals surface area contributed by atoms with Crippen LogP contribution >= 0.6 is 0 Å². The summed E-state index contributed by atoms with van der Waals surface area (Å²) in [5.74, 6) is 0.979. The van der Waals surface area contributed by atoms with Crippen LogP contribution < -0.4 is 15.2 Å². The van der Waals surface area contributed by atoms with Crippen LogP contribution in [0.25, 0.3) is 0 Å². The van der Waals surface area contributed by atoms with E-state index in [9.17, 15) is 4.79 Å². The van der Waals surface area contributed by atoms with Gasteiger partial charge in [-0.1, -0.05) is 18.2 Å². The van der Waals surface area contributed by atoms with Gasteiger partial charge in [-0.3, -0.25) is 4.79 Å². The van der Waals surface area contributed by atoms with Gasteiger partial charge < -0.3 is 15.2 Å². The number of hydrogen-bond acceptors (Lipinski definition) is 4. The van der Waals surface area contributed by atoms with Crippen LogP contribution in [0.3, 0.4) is 0 Å². The molecule has 0 aliphatic heterocycles. The molecule has 19 heavy (non-hydrogen) atoms. The first-order chi connectivity index (χ1) is 9.20. The first-order valence-corrected chi connectivity index (χ1v) is 5.85. The Kier molecular flexibility index (Phi) is 4.03. The Morgan fingerprint density at radius 2 is 1.95 bits per heavy atom. The number of Topliss-reactive ketones (excluding diaryl/α,β-unsaturated/α-hetero) is 1. The first kappa shape index (κ1) is 13.0. The van der Waals surface area contributed by atoms with Crippen LogP contribution in [-0.2, 0) is 0 Å². The number of ether oxygens (including phenoxy) is 2. The second-order valence-electron chi connectivity index (χ2n) is 3.98. The largest absolute Gasteiger partial charge is 0.496 e. The zero-order valence-corrected chi connectivity index (χ0v) is 10.6. The molecular weight excluding hydrogens is 242 g/mol. The number of methoxy groups -OCH3 is 1. The zero-order valence-electron chi connectivity index (χ0n) is 10.6. The van der Waals surface area contributed by atoms with E-state index in [1.54, 1.807) is 42.5 Å². The molecule has 2 N–H and O–H groups in total. The normalized spacial score (nSPS) is 9.95. The van der Waals surface area contributed by atoms with Crippen LogP contribution in [0.5, 0.6) is 11.5 Å². The third kappa shape index (κ3) is 3.25. The molecule has 0 saturated heterocycles. The number of rotatable bonds is 5. The van der Waals surface area contributed by atoms with E-state index in [0.29, 0.717) is 22.7 Å². The fraction of sp³-hybridized carbons (Fsp3) is 0.133. The molecule has 2 rings (SSSR count). The SMILES string of the molecule is COc1ccccc1C(=O)COc1cccc(N)c1. The van der Waals surface area contributed by atoms with Gasteiger partial charge in [-0.15, -0.1) is 0 Å². The summed E-state index contributed by atoms with van der Waals surface area (Å²) in [6, 6.07) is 14.0. The highest BCUT2D eigenvalue weighted by atomic mass is 16.5. The molecule has 0 radical (unpaired) electrons. The van der Waals surface area contributed by atoms with Crippen molar-refractivity contribution in [3.63, 3.8) is 0 Å². The summed E-state index contributed by atoms with van der Waals surface area (Å²) >= 11 is 0. The van der Waals surface area contributed by atoms with Crippen molar-refractivity contribution in [2.75, 3.05) is 19.5 Å². The van der Waals surface area contributed by atoms with Crippen molar-refractivity contribution in [1.82, 2.24) is 0 Å². The number of benzene rings is 2. The van der Waals surface area contributed by atoms with Crippen molar-refractivity contribution < 1.29 is 14.3 Å². The second-order valence-corrected chi connectivity index (χ2v) is 3.98. The van der Waals surface area contributed by atoms with E-state index in [4.69, 9.17) is 15.2 Å². The Morgan fingerprint density at radius 3 is 2.68 bits per heavy atom. The van der Waals surface area contributed by atoms with E-state index < -0.39 is 0 Å².